The Bertz CT molecular complexity index is 155. The van der Waals surface area contributed by atoms with Gasteiger partial charge in [0.1, 0.15) is 0 Å². The van der Waals surface area contributed by atoms with Crippen molar-refractivity contribution in [3.63, 3.8) is 0 Å². The van der Waals surface area contributed by atoms with Crippen LogP contribution in [-0.4, -0.2) is 37.1 Å². The zero-order chi connectivity index (χ0) is 11.1. The Kier molecular flexibility index (Phi) is 6.26. The quantitative estimate of drug-likeness (QED) is 0.753. The number of nitrogens with zero attached hydrogens (tertiary/aromatic N) is 1. The molecular weight excluding hydrogens is 184 g/mol. The topological polar surface area (TPSA) is 15.3 Å². The summed E-state index contributed by atoms with van der Waals surface area (Å²) in [6.45, 7) is 7.17. The molecule has 2 unspecified atom stereocenters. The molecule has 1 heterocycles. The van der Waals surface area contributed by atoms with Crippen LogP contribution >= 0.6 is 0 Å². The highest BCUT2D eigenvalue weighted by Gasteiger charge is 2.21. The van der Waals surface area contributed by atoms with E-state index in [4.69, 9.17) is 0 Å². The molecular formula is C13H28N2. The first kappa shape index (κ1) is 13.0. The summed E-state index contributed by atoms with van der Waals surface area (Å²) in [5, 5.41) is 3.42. The van der Waals surface area contributed by atoms with E-state index in [1.165, 1.54) is 51.6 Å². The first-order chi connectivity index (χ1) is 7.31. The molecule has 0 aromatic heterocycles. The van der Waals surface area contributed by atoms with Gasteiger partial charge in [0.25, 0.3) is 0 Å². The first-order valence-corrected chi connectivity index (χ1v) is 6.73. The molecule has 1 aliphatic rings. The molecule has 0 radical (unpaired) electrons. The standard InChI is InChI=1S/C13H28N2/c1-4-12(14-3)11-15-10-8-6-7-9-13(15)5-2/h12-14H,4-11H2,1-3H3. The zero-order valence-electron chi connectivity index (χ0n) is 10.8. The van der Waals surface area contributed by atoms with E-state index >= 15 is 0 Å². The van der Waals surface area contributed by atoms with Gasteiger partial charge in [-0.1, -0.05) is 26.7 Å². The van der Waals surface area contributed by atoms with E-state index in [0.717, 1.165) is 6.04 Å². The van der Waals surface area contributed by atoms with E-state index in [1.807, 2.05) is 0 Å². The van der Waals surface area contributed by atoms with Gasteiger partial charge in [-0.2, -0.15) is 0 Å². The van der Waals surface area contributed by atoms with Gasteiger partial charge in [0.05, 0.1) is 0 Å². The third-order valence-electron chi connectivity index (χ3n) is 3.83. The van der Waals surface area contributed by atoms with Crippen LogP contribution in [0.4, 0.5) is 0 Å². The molecule has 2 heteroatoms. The summed E-state index contributed by atoms with van der Waals surface area (Å²) in [4.78, 5) is 2.72. The minimum Gasteiger partial charge on any atom is -0.316 e. The highest BCUT2D eigenvalue weighted by molar-refractivity contribution is 4.78. The number of likely N-dealkylation sites (tertiary alicyclic amines) is 1. The van der Waals surface area contributed by atoms with E-state index in [2.05, 4.69) is 31.1 Å². The molecule has 1 aliphatic heterocycles. The normalized spacial score (nSPS) is 26.2. The summed E-state index contributed by atoms with van der Waals surface area (Å²) >= 11 is 0. The van der Waals surface area contributed by atoms with E-state index in [1.54, 1.807) is 0 Å². The predicted octanol–water partition coefficient (Wildman–Crippen LogP) is 2.64. The number of rotatable bonds is 5. The van der Waals surface area contributed by atoms with Crippen molar-refractivity contribution in [1.82, 2.24) is 10.2 Å². The van der Waals surface area contributed by atoms with Crippen LogP contribution in [0.25, 0.3) is 0 Å². The molecule has 2 atom stereocenters. The molecule has 1 N–H and O–H groups in total. The van der Waals surface area contributed by atoms with E-state index in [9.17, 15) is 0 Å². The highest BCUT2D eigenvalue weighted by Crippen LogP contribution is 2.19. The Balaban J connectivity index is 2.46. The van der Waals surface area contributed by atoms with Crippen LogP contribution in [0.2, 0.25) is 0 Å². The Labute approximate surface area is 95.4 Å². The number of nitrogens with one attached hydrogen (secondary N) is 1. The molecule has 0 aromatic rings. The van der Waals surface area contributed by atoms with Crippen molar-refractivity contribution in [2.45, 2.75) is 64.5 Å². The van der Waals surface area contributed by atoms with Crippen molar-refractivity contribution >= 4 is 0 Å². The average Bonchev–Trinajstić information content (AvgIpc) is 2.50. The van der Waals surface area contributed by atoms with Crippen LogP contribution in [0.3, 0.4) is 0 Å². The van der Waals surface area contributed by atoms with Crippen LogP contribution in [0.15, 0.2) is 0 Å². The summed E-state index contributed by atoms with van der Waals surface area (Å²) in [6.07, 6.45) is 8.24. The fraction of sp³-hybridized carbons (Fsp3) is 1.00. The molecule has 0 aliphatic carbocycles. The van der Waals surface area contributed by atoms with Gasteiger partial charge in [0.15, 0.2) is 0 Å². The van der Waals surface area contributed by atoms with Crippen LogP contribution in [0.5, 0.6) is 0 Å². The molecule has 0 bridgehead atoms. The predicted molar refractivity (Wildman–Crippen MR) is 67.3 cm³/mol. The van der Waals surface area contributed by atoms with Crippen molar-refractivity contribution in [3.8, 4) is 0 Å². The maximum absolute atomic E-state index is 3.42. The summed E-state index contributed by atoms with van der Waals surface area (Å²) in [6, 6.07) is 1.52. The first-order valence-electron chi connectivity index (χ1n) is 6.73. The molecule has 0 aromatic carbocycles. The van der Waals surface area contributed by atoms with Crippen molar-refractivity contribution in [1.29, 1.82) is 0 Å². The van der Waals surface area contributed by atoms with Crippen LogP contribution in [0, 0.1) is 0 Å². The van der Waals surface area contributed by atoms with Gasteiger partial charge in [-0.25, -0.2) is 0 Å². The van der Waals surface area contributed by atoms with Crippen LogP contribution in [0.1, 0.15) is 52.4 Å². The maximum Gasteiger partial charge on any atom is 0.0189 e. The van der Waals surface area contributed by atoms with Crippen LogP contribution in [-0.2, 0) is 0 Å². The summed E-state index contributed by atoms with van der Waals surface area (Å²) in [5.74, 6) is 0. The molecule has 0 amide bonds. The van der Waals surface area contributed by atoms with E-state index in [-0.39, 0.29) is 0 Å². The van der Waals surface area contributed by atoms with Crippen molar-refractivity contribution in [2.24, 2.45) is 0 Å². The zero-order valence-corrected chi connectivity index (χ0v) is 10.8. The number of likely N-dealkylation sites (N-methyl/N-ethyl adjacent to an activating group) is 1. The third-order valence-corrected chi connectivity index (χ3v) is 3.83. The molecule has 1 fully saturated rings. The number of hydrogen-bond donors (Lipinski definition) is 1. The number of hydrogen-bond acceptors (Lipinski definition) is 2. The smallest absolute Gasteiger partial charge is 0.0189 e. The lowest BCUT2D eigenvalue weighted by Gasteiger charge is -2.32. The van der Waals surface area contributed by atoms with Gasteiger partial charge >= 0.3 is 0 Å². The van der Waals surface area contributed by atoms with E-state index in [0.29, 0.717) is 6.04 Å². The lowest BCUT2D eigenvalue weighted by Crippen LogP contribution is -2.44. The van der Waals surface area contributed by atoms with Crippen LogP contribution < -0.4 is 5.32 Å². The van der Waals surface area contributed by atoms with E-state index < -0.39 is 0 Å². The Morgan fingerprint density at radius 2 is 2.07 bits per heavy atom. The summed E-state index contributed by atoms with van der Waals surface area (Å²) in [7, 11) is 2.09. The fourth-order valence-corrected chi connectivity index (χ4v) is 2.65. The van der Waals surface area contributed by atoms with Gasteiger partial charge in [-0.05, 0) is 39.3 Å². The average molecular weight is 212 g/mol. The second-order valence-corrected chi connectivity index (χ2v) is 4.80. The summed E-state index contributed by atoms with van der Waals surface area (Å²) < 4.78 is 0. The molecule has 15 heavy (non-hydrogen) atoms. The maximum atomic E-state index is 3.42. The molecule has 1 rings (SSSR count). The third kappa shape index (κ3) is 4.12. The van der Waals surface area contributed by atoms with Gasteiger partial charge < -0.3 is 5.32 Å². The second-order valence-electron chi connectivity index (χ2n) is 4.80. The van der Waals surface area contributed by atoms with Crippen molar-refractivity contribution < 1.29 is 0 Å². The minimum atomic E-state index is 0.678. The molecule has 0 saturated carbocycles. The molecule has 90 valence electrons. The lowest BCUT2D eigenvalue weighted by molar-refractivity contribution is 0.174. The Hall–Kier alpha value is -0.0800. The second kappa shape index (κ2) is 7.24. The Morgan fingerprint density at radius 3 is 2.67 bits per heavy atom. The SMILES string of the molecule is CCC(CN1CCCCCC1CC)NC. The highest BCUT2D eigenvalue weighted by atomic mass is 15.2. The van der Waals surface area contributed by atoms with Gasteiger partial charge in [-0.15, -0.1) is 0 Å². The largest absolute Gasteiger partial charge is 0.316 e. The summed E-state index contributed by atoms with van der Waals surface area (Å²) in [5.41, 5.74) is 0. The van der Waals surface area contributed by atoms with Gasteiger partial charge in [-0.3, -0.25) is 4.90 Å². The monoisotopic (exact) mass is 212 g/mol. The van der Waals surface area contributed by atoms with Crippen molar-refractivity contribution in [2.75, 3.05) is 20.1 Å². The fourth-order valence-electron chi connectivity index (χ4n) is 2.65. The minimum absolute atomic E-state index is 0.678. The van der Waals surface area contributed by atoms with Crippen molar-refractivity contribution in [3.05, 3.63) is 0 Å². The molecule has 0 spiro atoms. The lowest BCUT2D eigenvalue weighted by atomic mass is 10.1. The van der Waals surface area contributed by atoms with Gasteiger partial charge in [0.2, 0.25) is 0 Å². The van der Waals surface area contributed by atoms with Gasteiger partial charge in [0, 0.05) is 18.6 Å². The Morgan fingerprint density at radius 1 is 1.27 bits per heavy atom. The molecule has 2 nitrogen and oxygen atoms in total. The molecule has 1 saturated heterocycles.